The number of hydrogen-bond donors (Lipinski definition) is 3. The van der Waals surface area contributed by atoms with E-state index in [2.05, 4.69) is 16.0 Å². The van der Waals surface area contributed by atoms with Crippen molar-refractivity contribution < 1.29 is 9.59 Å². The van der Waals surface area contributed by atoms with Crippen molar-refractivity contribution in [2.45, 2.75) is 13.8 Å². The van der Waals surface area contributed by atoms with Crippen molar-refractivity contribution in [3.8, 4) is 0 Å². The Morgan fingerprint density at radius 2 is 1.71 bits per heavy atom. The first-order valence-corrected chi connectivity index (χ1v) is 5.42. The van der Waals surface area contributed by atoms with Gasteiger partial charge in [-0.2, -0.15) is 0 Å². The van der Waals surface area contributed by atoms with Gasteiger partial charge in [-0.3, -0.25) is 4.79 Å². The minimum atomic E-state index is -0.294. The predicted octanol–water partition coefficient (Wildman–Crippen LogP) is 2.03. The molecule has 0 spiro atoms. The molecule has 1 aromatic rings. The molecule has 17 heavy (non-hydrogen) atoms. The Bertz CT molecular complexity index is 416. The summed E-state index contributed by atoms with van der Waals surface area (Å²) in [7, 11) is 1.54. The van der Waals surface area contributed by atoms with Gasteiger partial charge in [-0.15, -0.1) is 0 Å². The van der Waals surface area contributed by atoms with Crippen molar-refractivity contribution in [2.24, 2.45) is 5.92 Å². The summed E-state index contributed by atoms with van der Waals surface area (Å²) >= 11 is 0. The standard InChI is InChI=1S/C12H17N3O2/c1-8(2)11(16)14-9-5-4-6-10(7-9)15-12(17)13-3/h4-8H,1-3H3,(H,14,16)(H2,13,15,17). The van der Waals surface area contributed by atoms with E-state index < -0.39 is 0 Å². The molecule has 0 aliphatic heterocycles. The molecule has 0 aromatic heterocycles. The fourth-order valence-electron chi connectivity index (χ4n) is 1.15. The number of nitrogens with one attached hydrogen (secondary N) is 3. The number of urea groups is 1. The van der Waals surface area contributed by atoms with E-state index in [0.717, 1.165) is 0 Å². The van der Waals surface area contributed by atoms with Crippen LogP contribution < -0.4 is 16.0 Å². The van der Waals surface area contributed by atoms with Crippen LogP contribution in [0.15, 0.2) is 24.3 Å². The summed E-state index contributed by atoms with van der Waals surface area (Å²) in [6.45, 7) is 3.64. The maximum atomic E-state index is 11.5. The highest BCUT2D eigenvalue weighted by Crippen LogP contribution is 2.15. The molecule has 0 heterocycles. The van der Waals surface area contributed by atoms with Gasteiger partial charge in [-0.25, -0.2) is 4.79 Å². The maximum absolute atomic E-state index is 11.5. The highest BCUT2D eigenvalue weighted by molar-refractivity contribution is 5.94. The van der Waals surface area contributed by atoms with E-state index in [-0.39, 0.29) is 17.9 Å². The molecule has 5 nitrogen and oxygen atoms in total. The molecule has 5 heteroatoms. The highest BCUT2D eigenvalue weighted by atomic mass is 16.2. The van der Waals surface area contributed by atoms with Crippen molar-refractivity contribution in [3.05, 3.63) is 24.3 Å². The Hall–Kier alpha value is -2.04. The van der Waals surface area contributed by atoms with Crippen molar-refractivity contribution >= 4 is 23.3 Å². The van der Waals surface area contributed by atoms with Crippen LogP contribution in [0.25, 0.3) is 0 Å². The van der Waals surface area contributed by atoms with Crippen LogP contribution in [-0.2, 0) is 4.79 Å². The third kappa shape index (κ3) is 4.14. The minimum Gasteiger partial charge on any atom is -0.341 e. The number of carbonyl (C=O) groups excluding carboxylic acids is 2. The zero-order valence-corrected chi connectivity index (χ0v) is 10.2. The van der Waals surface area contributed by atoms with Gasteiger partial charge in [0.1, 0.15) is 0 Å². The summed E-state index contributed by atoms with van der Waals surface area (Å²) in [6, 6.07) is 6.70. The summed E-state index contributed by atoms with van der Waals surface area (Å²) in [4.78, 5) is 22.6. The summed E-state index contributed by atoms with van der Waals surface area (Å²) in [5, 5.41) is 7.85. The Morgan fingerprint density at radius 3 is 2.24 bits per heavy atom. The molecule has 0 atom stereocenters. The molecule has 3 N–H and O–H groups in total. The number of benzene rings is 1. The maximum Gasteiger partial charge on any atom is 0.318 e. The second kappa shape index (κ2) is 5.89. The van der Waals surface area contributed by atoms with Crippen molar-refractivity contribution in [1.82, 2.24) is 5.32 Å². The fourth-order valence-corrected chi connectivity index (χ4v) is 1.15. The average Bonchev–Trinajstić information content (AvgIpc) is 2.29. The Morgan fingerprint density at radius 1 is 1.12 bits per heavy atom. The molecular weight excluding hydrogens is 218 g/mol. The normalized spacial score (nSPS) is 9.88. The van der Waals surface area contributed by atoms with E-state index in [0.29, 0.717) is 11.4 Å². The monoisotopic (exact) mass is 235 g/mol. The second-order valence-corrected chi connectivity index (χ2v) is 3.93. The van der Waals surface area contributed by atoms with Crippen LogP contribution in [0.5, 0.6) is 0 Å². The van der Waals surface area contributed by atoms with E-state index in [1.54, 1.807) is 31.3 Å². The zero-order chi connectivity index (χ0) is 12.8. The van der Waals surface area contributed by atoms with Crippen molar-refractivity contribution in [1.29, 1.82) is 0 Å². The number of rotatable bonds is 3. The third-order valence-electron chi connectivity index (χ3n) is 2.14. The lowest BCUT2D eigenvalue weighted by Gasteiger charge is -2.09. The highest BCUT2D eigenvalue weighted by Gasteiger charge is 2.07. The summed E-state index contributed by atoms with van der Waals surface area (Å²) in [6.07, 6.45) is 0. The lowest BCUT2D eigenvalue weighted by molar-refractivity contribution is -0.118. The predicted molar refractivity (Wildman–Crippen MR) is 68.0 cm³/mol. The first-order valence-electron chi connectivity index (χ1n) is 5.42. The summed E-state index contributed by atoms with van der Waals surface area (Å²) in [5.41, 5.74) is 1.29. The molecule has 1 rings (SSSR count). The van der Waals surface area contributed by atoms with Crippen molar-refractivity contribution in [2.75, 3.05) is 17.7 Å². The molecule has 0 radical (unpaired) electrons. The number of carbonyl (C=O) groups is 2. The molecule has 0 saturated carbocycles. The van der Waals surface area contributed by atoms with Gasteiger partial charge in [0, 0.05) is 24.3 Å². The molecule has 3 amide bonds. The van der Waals surface area contributed by atoms with Gasteiger partial charge in [-0.1, -0.05) is 19.9 Å². The Labute approximate surface area is 101 Å². The van der Waals surface area contributed by atoms with Gasteiger partial charge < -0.3 is 16.0 Å². The van der Waals surface area contributed by atoms with Crippen LogP contribution >= 0.6 is 0 Å². The lowest BCUT2D eigenvalue weighted by atomic mass is 10.2. The lowest BCUT2D eigenvalue weighted by Crippen LogP contribution is -2.24. The number of anilines is 2. The van der Waals surface area contributed by atoms with Gasteiger partial charge >= 0.3 is 6.03 Å². The molecule has 0 fully saturated rings. The van der Waals surface area contributed by atoms with Gasteiger partial charge in [0.25, 0.3) is 0 Å². The van der Waals surface area contributed by atoms with Crippen molar-refractivity contribution in [3.63, 3.8) is 0 Å². The van der Waals surface area contributed by atoms with Gasteiger partial charge in [-0.05, 0) is 18.2 Å². The van der Waals surface area contributed by atoms with Crippen LogP contribution in [0.2, 0.25) is 0 Å². The SMILES string of the molecule is CNC(=O)Nc1cccc(NC(=O)C(C)C)c1. The summed E-state index contributed by atoms with van der Waals surface area (Å²) in [5.74, 6) is -0.132. The van der Waals surface area contributed by atoms with Crippen LogP contribution in [0.4, 0.5) is 16.2 Å². The molecule has 0 saturated heterocycles. The van der Waals surface area contributed by atoms with Gasteiger partial charge in [0.15, 0.2) is 0 Å². The van der Waals surface area contributed by atoms with Crippen LogP contribution in [-0.4, -0.2) is 19.0 Å². The number of hydrogen-bond acceptors (Lipinski definition) is 2. The van der Waals surface area contributed by atoms with E-state index in [1.807, 2.05) is 13.8 Å². The van der Waals surface area contributed by atoms with E-state index in [4.69, 9.17) is 0 Å². The van der Waals surface area contributed by atoms with Gasteiger partial charge in [0.2, 0.25) is 5.91 Å². The topological polar surface area (TPSA) is 70.2 Å². The van der Waals surface area contributed by atoms with Crippen LogP contribution in [0.1, 0.15) is 13.8 Å². The van der Waals surface area contributed by atoms with Crippen LogP contribution in [0.3, 0.4) is 0 Å². The van der Waals surface area contributed by atoms with E-state index in [1.165, 1.54) is 0 Å². The third-order valence-corrected chi connectivity index (χ3v) is 2.14. The smallest absolute Gasteiger partial charge is 0.318 e. The summed E-state index contributed by atoms with van der Waals surface area (Å²) < 4.78 is 0. The molecule has 0 unspecified atom stereocenters. The van der Waals surface area contributed by atoms with E-state index >= 15 is 0 Å². The molecular formula is C12H17N3O2. The first-order chi connectivity index (χ1) is 8.02. The average molecular weight is 235 g/mol. The first kappa shape index (κ1) is 13.0. The largest absolute Gasteiger partial charge is 0.341 e. The molecule has 0 aliphatic rings. The molecule has 0 aliphatic carbocycles. The molecule has 92 valence electrons. The van der Waals surface area contributed by atoms with E-state index in [9.17, 15) is 9.59 Å². The quantitative estimate of drug-likeness (QED) is 0.750. The molecule has 1 aromatic carbocycles. The molecule has 0 bridgehead atoms. The Kier molecular flexibility index (Phi) is 4.51. The Balaban J connectivity index is 2.72. The van der Waals surface area contributed by atoms with Crippen LogP contribution in [0, 0.1) is 5.92 Å². The fraction of sp³-hybridized carbons (Fsp3) is 0.333. The van der Waals surface area contributed by atoms with Gasteiger partial charge in [0.05, 0.1) is 0 Å². The number of amides is 3. The zero-order valence-electron chi connectivity index (χ0n) is 10.2. The second-order valence-electron chi connectivity index (χ2n) is 3.93. The minimum absolute atomic E-state index is 0.0536.